The van der Waals surface area contributed by atoms with Crippen molar-refractivity contribution in [2.45, 2.75) is 52.5 Å². The van der Waals surface area contributed by atoms with E-state index in [2.05, 4.69) is 36.2 Å². The minimum Gasteiger partial charge on any atom is -0.381 e. The lowest BCUT2D eigenvalue weighted by molar-refractivity contribution is -0.107. The lowest BCUT2D eigenvalue weighted by atomic mass is 9.94. The summed E-state index contributed by atoms with van der Waals surface area (Å²) in [4.78, 5) is 13.0. The number of aldehydes is 1. The molecule has 0 radical (unpaired) electrons. The molecule has 144 valence electrons. The molecule has 0 aromatic heterocycles. The molecule has 27 heavy (non-hydrogen) atoms. The van der Waals surface area contributed by atoms with E-state index in [0.717, 1.165) is 37.9 Å². The number of anilines is 2. The minimum absolute atomic E-state index is 0.252. The standard InChI is InChI=1S/C23H29FN2O/c1-3-12-26-13-4-6-19-8-9-20(17(2)23(19)26)16-25-21-11-10-18(7-5-14-27)22(24)15-21/h8-11,14-15,25H,3-7,12-13,16H2,1-2H3. The topological polar surface area (TPSA) is 32.3 Å². The highest BCUT2D eigenvalue weighted by atomic mass is 19.1. The predicted molar refractivity (Wildman–Crippen MR) is 110 cm³/mol. The number of hydrogen-bond donors (Lipinski definition) is 1. The van der Waals surface area contributed by atoms with Crippen molar-refractivity contribution in [2.75, 3.05) is 23.3 Å². The number of hydrogen-bond acceptors (Lipinski definition) is 3. The molecule has 0 bridgehead atoms. The molecular weight excluding hydrogens is 339 g/mol. The smallest absolute Gasteiger partial charge is 0.128 e. The summed E-state index contributed by atoms with van der Waals surface area (Å²) in [6.45, 7) is 7.33. The Balaban J connectivity index is 1.74. The number of rotatable bonds is 8. The van der Waals surface area contributed by atoms with Crippen LogP contribution in [0.15, 0.2) is 30.3 Å². The maximum Gasteiger partial charge on any atom is 0.128 e. The lowest BCUT2D eigenvalue weighted by Crippen LogP contribution is -2.31. The number of aryl methyl sites for hydroxylation is 2. The fourth-order valence-electron chi connectivity index (χ4n) is 3.97. The fourth-order valence-corrected chi connectivity index (χ4v) is 3.97. The third-order valence-corrected chi connectivity index (χ3v) is 5.38. The molecule has 0 saturated heterocycles. The Labute approximate surface area is 161 Å². The Bertz CT molecular complexity index is 803. The summed E-state index contributed by atoms with van der Waals surface area (Å²) < 4.78 is 14.2. The highest BCUT2D eigenvalue weighted by molar-refractivity contribution is 5.64. The maximum absolute atomic E-state index is 14.2. The molecule has 0 amide bonds. The SMILES string of the molecule is CCCN1CCCc2ccc(CNc3ccc(CCC=O)c(F)c3)c(C)c21. The normalized spacial score (nSPS) is 13.4. The van der Waals surface area contributed by atoms with Crippen LogP contribution in [0.4, 0.5) is 15.8 Å². The number of benzene rings is 2. The molecule has 3 rings (SSSR count). The summed E-state index contributed by atoms with van der Waals surface area (Å²) in [5.74, 6) is -0.252. The van der Waals surface area contributed by atoms with Crippen LogP contribution in [-0.4, -0.2) is 19.4 Å². The Hall–Kier alpha value is -2.36. The molecule has 0 atom stereocenters. The number of halogens is 1. The number of nitrogens with one attached hydrogen (secondary N) is 1. The Morgan fingerprint density at radius 1 is 1.22 bits per heavy atom. The zero-order valence-corrected chi connectivity index (χ0v) is 16.4. The zero-order chi connectivity index (χ0) is 19.2. The van der Waals surface area contributed by atoms with Crippen molar-refractivity contribution in [1.29, 1.82) is 0 Å². The van der Waals surface area contributed by atoms with Crippen LogP contribution in [0.25, 0.3) is 0 Å². The quantitative estimate of drug-likeness (QED) is 0.663. The summed E-state index contributed by atoms with van der Waals surface area (Å²) in [6.07, 6.45) is 5.15. The van der Waals surface area contributed by atoms with Gasteiger partial charge in [0.1, 0.15) is 12.1 Å². The van der Waals surface area contributed by atoms with Gasteiger partial charge in [-0.15, -0.1) is 0 Å². The van der Waals surface area contributed by atoms with Crippen LogP contribution in [0.2, 0.25) is 0 Å². The molecule has 4 heteroatoms. The molecule has 0 saturated carbocycles. The van der Waals surface area contributed by atoms with E-state index < -0.39 is 0 Å². The van der Waals surface area contributed by atoms with E-state index in [1.165, 1.54) is 34.9 Å². The van der Waals surface area contributed by atoms with Gasteiger partial charge in [-0.3, -0.25) is 0 Å². The van der Waals surface area contributed by atoms with Crippen LogP contribution in [0.1, 0.15) is 48.4 Å². The highest BCUT2D eigenvalue weighted by Gasteiger charge is 2.19. The maximum atomic E-state index is 14.2. The number of nitrogens with zero attached hydrogens (tertiary/aromatic N) is 1. The third-order valence-electron chi connectivity index (χ3n) is 5.38. The van der Waals surface area contributed by atoms with Crippen LogP contribution >= 0.6 is 0 Å². The summed E-state index contributed by atoms with van der Waals surface area (Å²) >= 11 is 0. The van der Waals surface area contributed by atoms with Gasteiger partial charge in [0.2, 0.25) is 0 Å². The molecule has 2 aromatic rings. The van der Waals surface area contributed by atoms with Crippen molar-refractivity contribution < 1.29 is 9.18 Å². The summed E-state index contributed by atoms with van der Waals surface area (Å²) in [7, 11) is 0. The van der Waals surface area contributed by atoms with Crippen molar-refractivity contribution >= 4 is 17.7 Å². The summed E-state index contributed by atoms with van der Waals surface area (Å²) in [5.41, 5.74) is 6.79. The van der Waals surface area contributed by atoms with Gasteiger partial charge in [-0.05, 0) is 67.0 Å². The van der Waals surface area contributed by atoms with Crippen molar-refractivity contribution in [3.63, 3.8) is 0 Å². The van der Waals surface area contributed by atoms with Crippen molar-refractivity contribution in [2.24, 2.45) is 0 Å². The average molecular weight is 368 g/mol. The van der Waals surface area contributed by atoms with Gasteiger partial charge < -0.3 is 15.0 Å². The second-order valence-corrected chi connectivity index (χ2v) is 7.31. The molecule has 1 N–H and O–H groups in total. The van der Waals surface area contributed by atoms with Crippen LogP contribution in [0.5, 0.6) is 0 Å². The van der Waals surface area contributed by atoms with E-state index in [-0.39, 0.29) is 5.82 Å². The monoisotopic (exact) mass is 368 g/mol. The summed E-state index contributed by atoms with van der Waals surface area (Å²) in [6, 6.07) is 9.64. The molecule has 2 aromatic carbocycles. The van der Waals surface area contributed by atoms with Gasteiger partial charge >= 0.3 is 0 Å². The van der Waals surface area contributed by atoms with E-state index in [1.54, 1.807) is 6.07 Å². The van der Waals surface area contributed by atoms with Crippen LogP contribution < -0.4 is 10.2 Å². The first-order chi connectivity index (χ1) is 13.1. The van der Waals surface area contributed by atoms with E-state index in [9.17, 15) is 9.18 Å². The fraction of sp³-hybridized carbons (Fsp3) is 0.435. The molecule has 1 heterocycles. The molecule has 3 nitrogen and oxygen atoms in total. The van der Waals surface area contributed by atoms with Crippen LogP contribution in [0.3, 0.4) is 0 Å². The molecular formula is C23H29FN2O. The Kier molecular flexibility index (Phi) is 6.49. The van der Waals surface area contributed by atoms with E-state index in [1.807, 2.05) is 6.07 Å². The van der Waals surface area contributed by atoms with Crippen LogP contribution in [0, 0.1) is 12.7 Å². The first-order valence-corrected chi connectivity index (χ1v) is 9.96. The second kappa shape index (κ2) is 9.03. The number of carbonyl (C=O) groups excluding carboxylic acids is 1. The van der Waals surface area contributed by atoms with Gasteiger partial charge in [0.15, 0.2) is 0 Å². The minimum atomic E-state index is -0.252. The predicted octanol–water partition coefficient (Wildman–Crippen LogP) is 5.04. The van der Waals surface area contributed by atoms with E-state index in [0.29, 0.717) is 24.9 Å². The van der Waals surface area contributed by atoms with Crippen molar-refractivity contribution in [3.05, 3.63) is 58.4 Å². The Morgan fingerprint density at radius 3 is 2.78 bits per heavy atom. The molecule has 1 aliphatic heterocycles. The molecule has 0 spiro atoms. The van der Waals surface area contributed by atoms with Gasteiger partial charge in [0.05, 0.1) is 0 Å². The molecule has 0 fully saturated rings. The largest absolute Gasteiger partial charge is 0.381 e. The van der Waals surface area contributed by atoms with Crippen molar-refractivity contribution in [1.82, 2.24) is 0 Å². The average Bonchev–Trinajstić information content (AvgIpc) is 2.67. The highest BCUT2D eigenvalue weighted by Crippen LogP contribution is 2.33. The lowest BCUT2D eigenvalue weighted by Gasteiger charge is -2.33. The van der Waals surface area contributed by atoms with E-state index >= 15 is 0 Å². The molecule has 1 aliphatic rings. The van der Waals surface area contributed by atoms with Crippen LogP contribution in [-0.2, 0) is 24.2 Å². The Morgan fingerprint density at radius 2 is 2.04 bits per heavy atom. The van der Waals surface area contributed by atoms with Gasteiger partial charge in [-0.1, -0.05) is 25.1 Å². The third kappa shape index (κ3) is 4.49. The van der Waals surface area contributed by atoms with Gasteiger partial charge in [-0.2, -0.15) is 0 Å². The first kappa shape index (κ1) is 19.4. The van der Waals surface area contributed by atoms with Gasteiger partial charge in [-0.25, -0.2) is 4.39 Å². The number of fused-ring (bicyclic) bond motifs is 1. The second-order valence-electron chi connectivity index (χ2n) is 7.31. The summed E-state index contributed by atoms with van der Waals surface area (Å²) in [5, 5.41) is 3.35. The van der Waals surface area contributed by atoms with Gasteiger partial charge in [0.25, 0.3) is 0 Å². The number of carbonyl (C=O) groups is 1. The van der Waals surface area contributed by atoms with Crippen molar-refractivity contribution in [3.8, 4) is 0 Å². The molecule has 0 aliphatic carbocycles. The molecule has 0 unspecified atom stereocenters. The van der Waals surface area contributed by atoms with E-state index in [4.69, 9.17) is 0 Å². The first-order valence-electron chi connectivity index (χ1n) is 9.96. The zero-order valence-electron chi connectivity index (χ0n) is 16.4. The van der Waals surface area contributed by atoms with Gasteiger partial charge in [0, 0.05) is 37.4 Å².